The third-order valence-corrected chi connectivity index (χ3v) is 6.41. The minimum Gasteiger partial charge on any atom is -0.351 e. The molecule has 7 nitrogen and oxygen atoms in total. The summed E-state index contributed by atoms with van der Waals surface area (Å²) < 4.78 is 0. The molecule has 0 saturated heterocycles. The maximum absolute atomic E-state index is 12.9. The summed E-state index contributed by atoms with van der Waals surface area (Å²) in [4.78, 5) is 28.3. The Morgan fingerprint density at radius 3 is 2.63 bits per heavy atom. The van der Waals surface area contributed by atoms with Crippen molar-refractivity contribution in [3.05, 3.63) is 81.2 Å². The number of aromatic nitrogens is 2. The van der Waals surface area contributed by atoms with Gasteiger partial charge < -0.3 is 15.5 Å². The summed E-state index contributed by atoms with van der Waals surface area (Å²) in [6.07, 6.45) is 3.80. The Morgan fingerprint density at radius 1 is 1.09 bits per heavy atom. The van der Waals surface area contributed by atoms with Crippen molar-refractivity contribution in [3.8, 4) is 0 Å². The number of carbonyl (C=O) groups is 2. The second kappa shape index (κ2) is 11.8. The first-order valence-corrected chi connectivity index (χ1v) is 11.8. The number of anilines is 1. The summed E-state index contributed by atoms with van der Waals surface area (Å²) in [6, 6.07) is 15.1. The topological polar surface area (TPSA) is 90.1 Å². The van der Waals surface area contributed by atoms with Crippen LogP contribution in [0.5, 0.6) is 0 Å². The number of benzene rings is 2. The molecule has 2 aromatic heterocycles. The zero-order valence-corrected chi connectivity index (χ0v) is 21.4. The van der Waals surface area contributed by atoms with Gasteiger partial charge in [0.1, 0.15) is 0 Å². The van der Waals surface area contributed by atoms with Crippen LogP contribution in [0.15, 0.2) is 53.9 Å². The van der Waals surface area contributed by atoms with Gasteiger partial charge in [0.25, 0.3) is 11.8 Å². The third-order valence-electron chi connectivity index (χ3n) is 5.40. The third kappa shape index (κ3) is 6.36. The van der Waals surface area contributed by atoms with E-state index in [-0.39, 0.29) is 24.2 Å². The van der Waals surface area contributed by atoms with Crippen molar-refractivity contribution < 1.29 is 9.59 Å². The molecular weight excluding hydrogens is 482 g/mol. The molecular formula is C26H28ClN5O2S. The van der Waals surface area contributed by atoms with E-state index < -0.39 is 0 Å². The molecule has 4 rings (SSSR count). The summed E-state index contributed by atoms with van der Waals surface area (Å²) in [7, 11) is 3.91. The van der Waals surface area contributed by atoms with E-state index in [1.807, 2.05) is 79.8 Å². The van der Waals surface area contributed by atoms with Crippen LogP contribution < -0.4 is 10.6 Å². The minimum absolute atomic E-state index is 0. The van der Waals surface area contributed by atoms with Gasteiger partial charge in [-0.3, -0.25) is 14.7 Å². The molecule has 0 bridgehead atoms. The smallest absolute Gasteiger partial charge is 0.266 e. The van der Waals surface area contributed by atoms with Gasteiger partial charge in [-0.2, -0.15) is 5.10 Å². The van der Waals surface area contributed by atoms with Crippen LogP contribution in [0.4, 0.5) is 5.69 Å². The Hall–Kier alpha value is -3.46. The van der Waals surface area contributed by atoms with Gasteiger partial charge in [0.2, 0.25) is 0 Å². The lowest BCUT2D eigenvalue weighted by atomic mass is 10.1. The van der Waals surface area contributed by atoms with Crippen LogP contribution >= 0.6 is 23.7 Å². The minimum atomic E-state index is -0.197. The molecule has 2 heterocycles. The van der Waals surface area contributed by atoms with Gasteiger partial charge in [0, 0.05) is 29.7 Å². The van der Waals surface area contributed by atoms with Gasteiger partial charge >= 0.3 is 0 Å². The number of aryl methyl sites for hydroxylation is 1. The van der Waals surface area contributed by atoms with E-state index in [4.69, 9.17) is 0 Å². The fourth-order valence-electron chi connectivity index (χ4n) is 3.51. The first kappa shape index (κ1) is 26.2. The molecule has 3 N–H and O–H groups in total. The second-order valence-corrected chi connectivity index (χ2v) is 9.15. The summed E-state index contributed by atoms with van der Waals surface area (Å²) in [5.41, 5.74) is 4.49. The van der Waals surface area contributed by atoms with Crippen molar-refractivity contribution in [2.24, 2.45) is 0 Å². The Balaban J connectivity index is 0.00000342. The number of thiophene rings is 1. The fraction of sp³-hybridized carbons (Fsp3) is 0.192. The quantitative estimate of drug-likeness (QED) is 0.309. The van der Waals surface area contributed by atoms with Crippen molar-refractivity contribution >= 4 is 64.3 Å². The van der Waals surface area contributed by atoms with Crippen LogP contribution in [0.25, 0.3) is 23.1 Å². The molecule has 0 radical (unpaired) electrons. The van der Waals surface area contributed by atoms with Gasteiger partial charge in [-0.1, -0.05) is 30.3 Å². The molecule has 0 aliphatic heterocycles. The van der Waals surface area contributed by atoms with Crippen molar-refractivity contribution in [3.63, 3.8) is 0 Å². The maximum Gasteiger partial charge on any atom is 0.266 e. The number of halogens is 1. The van der Waals surface area contributed by atoms with Crippen LogP contribution in [0.2, 0.25) is 0 Å². The number of likely N-dealkylation sites (N-methyl/N-ethyl adjacent to an activating group) is 1. The van der Waals surface area contributed by atoms with E-state index in [0.29, 0.717) is 22.7 Å². The predicted octanol–water partition coefficient (Wildman–Crippen LogP) is 5.07. The highest BCUT2D eigenvalue weighted by molar-refractivity contribution is 7.12. The number of hydrogen-bond acceptors (Lipinski definition) is 5. The number of rotatable bonds is 8. The SMILES string of the molecule is Cc1ccsc1C(=O)Nc1cc(C(=O)NCCN(C)C)ccc1/C=C/c1n[nH]c2ccccc12.Cl. The first-order chi connectivity index (χ1) is 16.4. The van der Waals surface area contributed by atoms with Gasteiger partial charge in [0.15, 0.2) is 0 Å². The standard InChI is InChI=1S/C26H27N5O2S.ClH/c1-17-12-15-34-24(17)26(33)28-23-16-19(25(32)27-13-14-31(2)3)9-8-18(23)10-11-22-20-6-4-5-7-21(20)29-30-22;/h4-12,15-16H,13-14H2,1-3H3,(H,27,32)(H,28,33)(H,29,30);1H/b11-10+;. The van der Waals surface area contributed by atoms with Gasteiger partial charge in [-0.05, 0) is 67.9 Å². The molecule has 182 valence electrons. The molecule has 0 aliphatic carbocycles. The number of para-hydroxylation sites is 1. The number of H-pyrrole nitrogens is 1. The maximum atomic E-state index is 12.9. The monoisotopic (exact) mass is 509 g/mol. The molecule has 0 spiro atoms. The van der Waals surface area contributed by atoms with E-state index in [9.17, 15) is 9.59 Å². The van der Waals surface area contributed by atoms with Gasteiger partial charge in [-0.15, -0.1) is 23.7 Å². The van der Waals surface area contributed by atoms with E-state index in [0.717, 1.165) is 34.3 Å². The van der Waals surface area contributed by atoms with Gasteiger partial charge in [0.05, 0.1) is 16.1 Å². The number of carbonyl (C=O) groups excluding carboxylic acids is 2. The highest BCUT2D eigenvalue weighted by atomic mass is 35.5. The average molecular weight is 510 g/mol. The molecule has 0 aliphatic rings. The zero-order chi connectivity index (χ0) is 24.1. The van der Waals surface area contributed by atoms with Crippen LogP contribution in [0.3, 0.4) is 0 Å². The number of amides is 2. The van der Waals surface area contributed by atoms with E-state index in [2.05, 4.69) is 20.8 Å². The van der Waals surface area contributed by atoms with Crippen molar-refractivity contribution in [1.82, 2.24) is 20.4 Å². The van der Waals surface area contributed by atoms with Crippen molar-refractivity contribution in [1.29, 1.82) is 0 Å². The molecule has 2 aromatic carbocycles. The molecule has 35 heavy (non-hydrogen) atoms. The van der Waals surface area contributed by atoms with Crippen molar-refractivity contribution in [2.45, 2.75) is 6.92 Å². The first-order valence-electron chi connectivity index (χ1n) is 11.0. The summed E-state index contributed by atoms with van der Waals surface area (Å²) >= 11 is 1.39. The highest BCUT2D eigenvalue weighted by Gasteiger charge is 2.15. The fourth-order valence-corrected chi connectivity index (χ4v) is 4.33. The van der Waals surface area contributed by atoms with E-state index in [1.54, 1.807) is 12.1 Å². The molecule has 0 atom stereocenters. The Kier molecular flexibility index (Phi) is 8.81. The number of nitrogens with zero attached hydrogens (tertiary/aromatic N) is 2. The van der Waals surface area contributed by atoms with E-state index in [1.165, 1.54) is 11.3 Å². The summed E-state index contributed by atoms with van der Waals surface area (Å²) in [5.74, 6) is -0.379. The lowest BCUT2D eigenvalue weighted by Gasteiger charge is -2.13. The number of nitrogens with one attached hydrogen (secondary N) is 3. The van der Waals surface area contributed by atoms with E-state index >= 15 is 0 Å². The lowest BCUT2D eigenvalue weighted by Crippen LogP contribution is -2.31. The molecule has 4 aromatic rings. The second-order valence-electron chi connectivity index (χ2n) is 8.24. The lowest BCUT2D eigenvalue weighted by molar-refractivity contribution is 0.0949. The number of hydrogen-bond donors (Lipinski definition) is 3. The summed E-state index contributed by atoms with van der Waals surface area (Å²) in [6.45, 7) is 3.19. The number of aromatic amines is 1. The van der Waals surface area contributed by atoms with Crippen LogP contribution in [0.1, 0.15) is 36.9 Å². The molecule has 0 saturated carbocycles. The Bertz CT molecular complexity index is 1360. The Labute approximate surface area is 214 Å². The normalized spacial score (nSPS) is 11.1. The molecule has 2 amide bonds. The van der Waals surface area contributed by atoms with Gasteiger partial charge in [-0.25, -0.2) is 0 Å². The molecule has 0 unspecified atom stereocenters. The Morgan fingerprint density at radius 2 is 1.89 bits per heavy atom. The van der Waals surface area contributed by atoms with Crippen molar-refractivity contribution in [2.75, 3.05) is 32.5 Å². The van der Waals surface area contributed by atoms with Crippen LogP contribution in [0, 0.1) is 6.92 Å². The van der Waals surface area contributed by atoms with Crippen LogP contribution in [-0.4, -0.2) is 54.1 Å². The molecule has 0 fully saturated rings. The zero-order valence-electron chi connectivity index (χ0n) is 19.8. The highest BCUT2D eigenvalue weighted by Crippen LogP contribution is 2.25. The molecule has 9 heteroatoms. The largest absolute Gasteiger partial charge is 0.351 e. The average Bonchev–Trinajstić information content (AvgIpc) is 3.44. The number of fused-ring (bicyclic) bond motifs is 1. The van der Waals surface area contributed by atoms with Crippen LogP contribution in [-0.2, 0) is 0 Å². The summed E-state index contributed by atoms with van der Waals surface area (Å²) in [5, 5.41) is 16.2. The predicted molar refractivity (Wildman–Crippen MR) is 147 cm³/mol.